The van der Waals surface area contributed by atoms with Gasteiger partial charge in [-0.1, -0.05) is 39.8 Å². The zero-order valence-corrected chi connectivity index (χ0v) is 40.2. The van der Waals surface area contributed by atoms with Crippen molar-refractivity contribution in [2.24, 2.45) is 11.8 Å². The lowest BCUT2D eigenvalue weighted by Crippen LogP contribution is -2.54. The number of hydrogen-bond donors (Lipinski definition) is 6. The van der Waals surface area contributed by atoms with Crippen molar-refractivity contribution in [3.63, 3.8) is 0 Å². The molecule has 3 aromatic rings. The van der Waals surface area contributed by atoms with E-state index in [9.17, 15) is 37.2 Å². The van der Waals surface area contributed by atoms with Gasteiger partial charge < -0.3 is 56.9 Å². The Bertz CT molecular complexity index is 2410. The van der Waals surface area contributed by atoms with E-state index >= 15 is 4.39 Å². The highest BCUT2D eigenvalue weighted by molar-refractivity contribution is 7.90. The van der Waals surface area contributed by atoms with E-state index < -0.39 is 92.6 Å². The fourth-order valence-corrected chi connectivity index (χ4v) is 10.1. The lowest BCUT2D eigenvalue weighted by Gasteiger charge is -2.34. The van der Waals surface area contributed by atoms with E-state index in [4.69, 9.17) is 20.9 Å². The highest BCUT2D eigenvalue weighted by atomic mass is 32.2. The maximum absolute atomic E-state index is 15.6. The maximum Gasteiger partial charge on any atom is 0.407 e. The molecule has 21 heteroatoms. The summed E-state index contributed by atoms with van der Waals surface area (Å²) in [5.74, 6) is -3.18. The van der Waals surface area contributed by atoms with Gasteiger partial charge in [-0.15, -0.1) is 0 Å². The van der Waals surface area contributed by atoms with Crippen molar-refractivity contribution in [1.82, 2.24) is 20.4 Å². The van der Waals surface area contributed by atoms with Gasteiger partial charge in [0.25, 0.3) is 0 Å². The number of rotatable bonds is 14. The van der Waals surface area contributed by atoms with Crippen LogP contribution in [-0.4, -0.2) is 112 Å². The number of hydrogen-bond acceptors (Lipinski definition) is 13. The molecule has 6 atom stereocenters. The number of likely N-dealkylation sites (tertiary alicyclic amines) is 2. The summed E-state index contributed by atoms with van der Waals surface area (Å²) in [6, 6.07) is 9.97. The van der Waals surface area contributed by atoms with Gasteiger partial charge in [-0.3, -0.25) is 19.2 Å². The second-order valence-corrected chi connectivity index (χ2v) is 20.2. The molecule has 6 amide bonds. The number of benzene rings is 3. The quantitative estimate of drug-likeness (QED) is 0.115. The van der Waals surface area contributed by atoms with Gasteiger partial charge >= 0.3 is 12.2 Å². The molecule has 0 spiro atoms. The summed E-state index contributed by atoms with van der Waals surface area (Å²) in [7, 11) is -1.48. The van der Waals surface area contributed by atoms with Gasteiger partial charge in [0.05, 0.1) is 49.1 Å². The minimum atomic E-state index is -3.89. The van der Waals surface area contributed by atoms with E-state index in [1.807, 2.05) is 4.90 Å². The van der Waals surface area contributed by atoms with E-state index in [1.165, 1.54) is 36.2 Å². The normalized spacial score (nSPS) is 20.2. The summed E-state index contributed by atoms with van der Waals surface area (Å²) in [6.45, 7) is 7.77. The van der Waals surface area contributed by atoms with E-state index in [0.717, 1.165) is 17.4 Å². The lowest BCUT2D eigenvalue weighted by molar-refractivity contribution is -0.139. The number of nitrogens with zero attached hydrogens (tertiary/aromatic N) is 3. The van der Waals surface area contributed by atoms with Crippen molar-refractivity contribution in [3.05, 3.63) is 71.5 Å². The SMILES string of the molecule is COC(=O)N[C@H](C(=O)N1CCC[C@H]1C(=O)Nc1ccc([C@H]2CC[C@H](c3ccc(NC(=O)[C@@H]4CCCN4C(=O)[C@@H](NC(=O)OC)C(C)C)c(N)c3)N2c2ccc(S(C)(=O)=O)c(F)c2)cc1N)C(C)C. The van der Waals surface area contributed by atoms with Gasteiger partial charge in [-0.05, 0) is 104 Å². The number of sulfone groups is 1. The van der Waals surface area contributed by atoms with E-state index in [0.29, 0.717) is 68.7 Å². The van der Waals surface area contributed by atoms with Crippen LogP contribution in [0.25, 0.3) is 0 Å². The monoisotopic (exact) mass is 963 g/mol. The predicted octanol–water partition coefficient (Wildman–Crippen LogP) is 5.10. The maximum atomic E-state index is 15.6. The van der Waals surface area contributed by atoms with Gasteiger partial charge in [0, 0.05) is 25.0 Å². The molecular weight excluding hydrogens is 902 g/mol. The number of ether oxygens (including phenoxy) is 2. The van der Waals surface area contributed by atoms with E-state index in [1.54, 1.807) is 70.2 Å². The molecule has 68 heavy (non-hydrogen) atoms. The zero-order valence-electron chi connectivity index (χ0n) is 39.3. The van der Waals surface area contributed by atoms with Crippen molar-refractivity contribution >= 4 is 74.1 Å². The van der Waals surface area contributed by atoms with Gasteiger partial charge in [0.15, 0.2) is 9.84 Å². The minimum absolute atomic E-state index is 0.229. The largest absolute Gasteiger partial charge is 0.453 e. The predicted molar refractivity (Wildman–Crippen MR) is 253 cm³/mol. The molecule has 3 heterocycles. The van der Waals surface area contributed by atoms with Crippen molar-refractivity contribution in [2.75, 3.05) is 60.6 Å². The molecule has 0 radical (unpaired) electrons. The number of amides is 6. The number of halogens is 1. The molecule has 0 bridgehead atoms. The van der Waals surface area contributed by atoms with Crippen LogP contribution in [0.4, 0.5) is 42.4 Å². The summed E-state index contributed by atoms with van der Waals surface area (Å²) in [5.41, 5.74) is 16.1. The van der Waals surface area contributed by atoms with Crippen LogP contribution in [0.2, 0.25) is 0 Å². The number of methoxy groups -OCH3 is 2. The van der Waals surface area contributed by atoms with Crippen LogP contribution in [0.1, 0.15) is 89.4 Å². The van der Waals surface area contributed by atoms with Crippen LogP contribution in [0, 0.1) is 17.7 Å². The molecule has 3 aliphatic rings. The van der Waals surface area contributed by atoms with E-state index in [-0.39, 0.29) is 23.2 Å². The highest BCUT2D eigenvalue weighted by Crippen LogP contribution is 2.48. The Kier molecular flexibility index (Phi) is 15.8. The molecule has 0 saturated carbocycles. The van der Waals surface area contributed by atoms with Crippen molar-refractivity contribution in [3.8, 4) is 0 Å². The summed E-state index contributed by atoms with van der Waals surface area (Å²) >= 11 is 0. The number of carbonyl (C=O) groups excluding carboxylic acids is 6. The minimum Gasteiger partial charge on any atom is -0.453 e. The Morgan fingerprint density at radius 3 is 1.44 bits per heavy atom. The number of anilines is 5. The van der Waals surface area contributed by atoms with Crippen LogP contribution in [0.5, 0.6) is 0 Å². The molecule has 19 nitrogen and oxygen atoms in total. The Hall–Kier alpha value is -6.64. The average molecular weight is 964 g/mol. The van der Waals surface area contributed by atoms with Crippen molar-refractivity contribution in [1.29, 1.82) is 0 Å². The summed E-state index contributed by atoms with van der Waals surface area (Å²) in [6.07, 6.45) is 2.45. The van der Waals surface area contributed by atoms with Gasteiger partial charge in [0.1, 0.15) is 34.9 Å². The van der Waals surface area contributed by atoms with Crippen LogP contribution in [0.15, 0.2) is 59.5 Å². The van der Waals surface area contributed by atoms with Crippen LogP contribution >= 0.6 is 0 Å². The third-order valence-corrected chi connectivity index (χ3v) is 14.0. The first-order valence-corrected chi connectivity index (χ1v) is 24.5. The zero-order chi connectivity index (χ0) is 49.8. The first kappa shape index (κ1) is 50.8. The fourth-order valence-electron chi connectivity index (χ4n) is 9.38. The van der Waals surface area contributed by atoms with Gasteiger partial charge in [-0.2, -0.15) is 0 Å². The number of nitrogen functional groups attached to an aromatic ring is 2. The first-order chi connectivity index (χ1) is 32.1. The second-order valence-electron chi connectivity index (χ2n) is 18.2. The molecule has 0 aromatic heterocycles. The number of carbonyl (C=O) groups is 6. The van der Waals surface area contributed by atoms with Crippen molar-refractivity contribution in [2.45, 2.75) is 107 Å². The lowest BCUT2D eigenvalue weighted by atomic mass is 10.0. The van der Waals surface area contributed by atoms with Gasteiger partial charge in [0.2, 0.25) is 23.6 Å². The average Bonchev–Trinajstić information content (AvgIpc) is 4.08. The number of nitrogens with one attached hydrogen (secondary N) is 4. The molecule has 3 saturated heterocycles. The highest BCUT2D eigenvalue weighted by Gasteiger charge is 2.42. The van der Waals surface area contributed by atoms with Crippen molar-refractivity contribution < 1.29 is 51.0 Å². The molecule has 0 unspecified atom stereocenters. The third-order valence-electron chi connectivity index (χ3n) is 12.9. The molecule has 3 fully saturated rings. The molecule has 6 rings (SSSR count). The smallest absolute Gasteiger partial charge is 0.407 e. The van der Waals surface area contributed by atoms with Crippen LogP contribution < -0.4 is 37.6 Å². The van der Waals surface area contributed by atoms with Crippen LogP contribution in [-0.2, 0) is 38.5 Å². The Morgan fingerprint density at radius 2 is 1.09 bits per heavy atom. The Labute approximate surface area is 395 Å². The molecule has 3 aromatic carbocycles. The summed E-state index contributed by atoms with van der Waals surface area (Å²) in [5, 5.41) is 10.9. The molecular formula is C47H62FN9O10S. The van der Waals surface area contributed by atoms with Crippen LogP contribution in [0.3, 0.4) is 0 Å². The number of nitrogens with two attached hydrogens (primary N) is 2. The standard InChI is InChI=1S/C47H62FN9O10S/c1-25(2)40(53-46(62)66-5)44(60)55-20-8-10-37(55)42(58)51-33-15-12-27(22-31(33)49)35-17-18-36(57(35)29-14-19-39(30(48)24-29)68(7,64)65)28-13-16-34(32(50)23-28)52-43(59)38-11-9-21-56(38)45(61)41(26(3)4)54-47(63)67-6/h12-16,19,22-26,35-38,40-41H,8-11,17-18,20-21,49-50H2,1-7H3,(H,51,58)(H,52,59)(H,53,62)(H,54,63)/t35-,36-,37+,38+,40+,41+/m1/s1. The third kappa shape index (κ3) is 11.0. The number of alkyl carbamates (subject to hydrolysis) is 2. The molecule has 368 valence electrons. The molecule has 3 aliphatic heterocycles. The first-order valence-electron chi connectivity index (χ1n) is 22.6. The Balaban J connectivity index is 1.23. The van der Waals surface area contributed by atoms with Gasteiger partial charge in [-0.25, -0.2) is 22.4 Å². The second kappa shape index (κ2) is 21.1. The summed E-state index contributed by atoms with van der Waals surface area (Å²) < 4.78 is 49.9. The topological polar surface area (TPSA) is 265 Å². The molecule has 0 aliphatic carbocycles. The van der Waals surface area contributed by atoms with E-state index in [2.05, 4.69) is 21.3 Å². The molecule has 8 N–H and O–H groups in total. The Morgan fingerprint density at radius 1 is 0.662 bits per heavy atom. The fraction of sp³-hybridized carbons (Fsp3) is 0.489. The summed E-state index contributed by atoms with van der Waals surface area (Å²) in [4.78, 5) is 83.1.